The monoisotopic (exact) mass is 408 g/mol. The van der Waals surface area contributed by atoms with E-state index in [9.17, 15) is 14.4 Å². The van der Waals surface area contributed by atoms with E-state index in [2.05, 4.69) is 11.3 Å². The molecule has 30 heavy (non-hydrogen) atoms. The highest BCUT2D eigenvalue weighted by molar-refractivity contribution is 5.91. The van der Waals surface area contributed by atoms with Crippen molar-refractivity contribution in [1.29, 1.82) is 0 Å². The minimum absolute atomic E-state index is 0.214. The Kier molecular flexibility index (Phi) is 6.64. The second kappa shape index (κ2) is 9.56. The molecule has 1 aliphatic heterocycles. The number of hydrogen-bond acceptors (Lipinski definition) is 7. The lowest BCUT2D eigenvalue weighted by atomic mass is 10.2. The van der Waals surface area contributed by atoms with E-state index < -0.39 is 17.9 Å². The first-order valence-electron chi connectivity index (χ1n) is 9.14. The number of hydrogen-bond donors (Lipinski definition) is 0. The Labute approximate surface area is 173 Å². The summed E-state index contributed by atoms with van der Waals surface area (Å²) in [6.45, 7) is 3.84. The summed E-state index contributed by atoms with van der Waals surface area (Å²) in [5.74, 6) is -0.442. The van der Waals surface area contributed by atoms with Gasteiger partial charge in [-0.1, -0.05) is 18.7 Å². The van der Waals surface area contributed by atoms with Crippen LogP contribution in [0.2, 0.25) is 0 Å². The zero-order valence-electron chi connectivity index (χ0n) is 16.3. The Balaban J connectivity index is 1.52. The van der Waals surface area contributed by atoms with Gasteiger partial charge >= 0.3 is 17.9 Å². The standard InChI is InChI=1S/C23H20O7/c1-15-13-20(30-22(15)25)14-28-18-10-6-17(7-11-18)23(26)29-19-8-3-16(4-9-19)5-12-21(24)27-2/h3-12,20H,1,13-14H2,2H3/b12-5+. The van der Waals surface area contributed by atoms with E-state index >= 15 is 0 Å². The van der Waals surface area contributed by atoms with Gasteiger partial charge in [0.1, 0.15) is 24.2 Å². The Morgan fingerprint density at radius 2 is 1.77 bits per heavy atom. The number of carbonyl (C=O) groups excluding carboxylic acids is 3. The molecule has 0 spiro atoms. The van der Waals surface area contributed by atoms with E-state index in [0.717, 1.165) is 5.56 Å². The molecule has 0 N–H and O–H groups in total. The maximum atomic E-state index is 12.3. The molecule has 2 aromatic rings. The molecule has 2 aromatic carbocycles. The molecule has 7 nitrogen and oxygen atoms in total. The van der Waals surface area contributed by atoms with E-state index in [-0.39, 0.29) is 12.7 Å². The minimum atomic E-state index is -0.513. The van der Waals surface area contributed by atoms with Crippen LogP contribution in [-0.4, -0.2) is 37.7 Å². The topological polar surface area (TPSA) is 88.1 Å². The maximum Gasteiger partial charge on any atom is 0.343 e. The van der Waals surface area contributed by atoms with Crippen molar-refractivity contribution in [2.45, 2.75) is 12.5 Å². The van der Waals surface area contributed by atoms with Gasteiger partial charge in [0.05, 0.1) is 12.7 Å². The summed E-state index contributed by atoms with van der Waals surface area (Å²) in [4.78, 5) is 34.7. The summed E-state index contributed by atoms with van der Waals surface area (Å²) in [6, 6.07) is 13.1. The van der Waals surface area contributed by atoms with Gasteiger partial charge < -0.3 is 18.9 Å². The first kappa shape index (κ1) is 20.9. The van der Waals surface area contributed by atoms with Crippen molar-refractivity contribution in [3.8, 4) is 11.5 Å². The number of rotatable bonds is 7. The predicted molar refractivity (Wildman–Crippen MR) is 108 cm³/mol. The van der Waals surface area contributed by atoms with Gasteiger partial charge in [-0.15, -0.1) is 0 Å². The SMILES string of the molecule is C=C1CC(COc2ccc(C(=O)Oc3ccc(/C=C/C(=O)OC)cc3)cc2)OC1=O. The molecule has 0 saturated carbocycles. The molecule has 0 amide bonds. The molecule has 0 radical (unpaired) electrons. The van der Waals surface area contributed by atoms with Crippen LogP contribution < -0.4 is 9.47 Å². The molecule has 3 rings (SSSR count). The van der Waals surface area contributed by atoms with Crippen LogP contribution >= 0.6 is 0 Å². The van der Waals surface area contributed by atoms with Gasteiger partial charge in [-0.05, 0) is 48.0 Å². The van der Waals surface area contributed by atoms with Gasteiger partial charge in [0, 0.05) is 18.1 Å². The zero-order valence-corrected chi connectivity index (χ0v) is 16.3. The molecule has 1 atom stereocenters. The number of esters is 3. The molecular weight excluding hydrogens is 388 g/mol. The van der Waals surface area contributed by atoms with E-state index in [0.29, 0.717) is 29.1 Å². The van der Waals surface area contributed by atoms with Gasteiger partial charge in [-0.25, -0.2) is 14.4 Å². The Hall–Kier alpha value is -3.87. The molecule has 1 aliphatic rings. The van der Waals surface area contributed by atoms with E-state index in [4.69, 9.17) is 14.2 Å². The second-order valence-corrected chi connectivity index (χ2v) is 6.49. The van der Waals surface area contributed by atoms with Crippen LogP contribution in [0.4, 0.5) is 0 Å². The number of cyclic esters (lactones) is 1. The summed E-state index contributed by atoms with van der Waals surface area (Å²) >= 11 is 0. The third-order valence-electron chi connectivity index (χ3n) is 4.27. The normalized spacial score (nSPS) is 15.7. The van der Waals surface area contributed by atoms with E-state index in [1.807, 2.05) is 0 Å². The first-order chi connectivity index (χ1) is 14.4. The lowest BCUT2D eigenvalue weighted by Gasteiger charge is -2.11. The molecule has 1 saturated heterocycles. The summed E-state index contributed by atoms with van der Waals surface area (Å²) in [5, 5.41) is 0. The van der Waals surface area contributed by atoms with Gasteiger partial charge in [0.2, 0.25) is 0 Å². The maximum absolute atomic E-state index is 12.3. The molecule has 1 fully saturated rings. The van der Waals surface area contributed by atoms with Crippen LogP contribution in [0.5, 0.6) is 11.5 Å². The molecule has 7 heteroatoms. The number of carbonyl (C=O) groups is 3. The molecule has 0 bridgehead atoms. The van der Waals surface area contributed by atoms with Crippen LogP contribution in [0, 0.1) is 0 Å². The summed E-state index contributed by atoms with van der Waals surface area (Å²) < 4.78 is 20.6. The van der Waals surface area contributed by atoms with Crippen molar-refractivity contribution in [3.05, 3.63) is 77.9 Å². The predicted octanol–water partition coefficient (Wildman–Crippen LogP) is 3.34. The number of ether oxygens (including phenoxy) is 4. The van der Waals surface area contributed by atoms with Crippen LogP contribution in [0.25, 0.3) is 6.08 Å². The first-order valence-corrected chi connectivity index (χ1v) is 9.14. The Morgan fingerprint density at radius 3 is 2.37 bits per heavy atom. The lowest BCUT2D eigenvalue weighted by molar-refractivity contribution is -0.140. The smallest absolute Gasteiger partial charge is 0.343 e. The molecule has 1 heterocycles. The van der Waals surface area contributed by atoms with Gasteiger partial charge in [-0.3, -0.25) is 0 Å². The van der Waals surface area contributed by atoms with Crippen molar-refractivity contribution in [3.63, 3.8) is 0 Å². The third kappa shape index (κ3) is 5.57. The molecule has 1 unspecified atom stereocenters. The van der Waals surface area contributed by atoms with E-state index in [1.165, 1.54) is 13.2 Å². The number of benzene rings is 2. The molecule has 154 valence electrons. The quantitative estimate of drug-likeness (QED) is 0.394. The van der Waals surface area contributed by atoms with Gasteiger partial charge in [-0.2, -0.15) is 0 Å². The lowest BCUT2D eigenvalue weighted by Crippen LogP contribution is -2.17. The Morgan fingerprint density at radius 1 is 1.10 bits per heavy atom. The highest BCUT2D eigenvalue weighted by Crippen LogP contribution is 2.21. The van der Waals surface area contributed by atoms with Crippen LogP contribution in [0.1, 0.15) is 22.3 Å². The summed E-state index contributed by atoms with van der Waals surface area (Å²) in [7, 11) is 1.30. The summed E-state index contributed by atoms with van der Waals surface area (Å²) in [6.07, 6.45) is 3.00. The van der Waals surface area contributed by atoms with Crippen molar-refractivity contribution < 1.29 is 33.3 Å². The second-order valence-electron chi connectivity index (χ2n) is 6.49. The fraction of sp³-hybridized carbons (Fsp3) is 0.174. The Bertz CT molecular complexity index is 956. The number of methoxy groups -OCH3 is 1. The van der Waals surface area contributed by atoms with Crippen LogP contribution in [-0.2, 0) is 19.1 Å². The average Bonchev–Trinajstić information content (AvgIpc) is 3.09. The van der Waals surface area contributed by atoms with Crippen molar-refractivity contribution in [1.82, 2.24) is 0 Å². The van der Waals surface area contributed by atoms with Crippen LogP contribution in [0.15, 0.2) is 66.8 Å². The largest absolute Gasteiger partial charge is 0.490 e. The fourth-order valence-corrected chi connectivity index (χ4v) is 2.65. The highest BCUT2D eigenvalue weighted by Gasteiger charge is 2.27. The summed E-state index contributed by atoms with van der Waals surface area (Å²) in [5.41, 5.74) is 1.56. The molecular formula is C23H20O7. The van der Waals surface area contributed by atoms with Gasteiger partial charge in [0.25, 0.3) is 0 Å². The highest BCUT2D eigenvalue weighted by atomic mass is 16.6. The molecule has 0 aliphatic carbocycles. The average molecular weight is 408 g/mol. The van der Waals surface area contributed by atoms with Crippen molar-refractivity contribution in [2.75, 3.05) is 13.7 Å². The van der Waals surface area contributed by atoms with E-state index in [1.54, 1.807) is 54.6 Å². The minimum Gasteiger partial charge on any atom is -0.490 e. The van der Waals surface area contributed by atoms with Gasteiger partial charge in [0.15, 0.2) is 0 Å². The zero-order chi connectivity index (χ0) is 21.5. The fourth-order valence-electron chi connectivity index (χ4n) is 2.65. The van der Waals surface area contributed by atoms with Crippen molar-refractivity contribution in [2.24, 2.45) is 0 Å². The van der Waals surface area contributed by atoms with Crippen molar-refractivity contribution >= 4 is 24.0 Å². The molecule has 0 aromatic heterocycles. The third-order valence-corrected chi connectivity index (χ3v) is 4.27. The van der Waals surface area contributed by atoms with Crippen LogP contribution in [0.3, 0.4) is 0 Å².